The molecule has 1 aromatic rings. The molecule has 0 bridgehead atoms. The third kappa shape index (κ3) is 8.47. The fraction of sp³-hybridized carbons (Fsp3) is 0.600. The molecule has 1 saturated heterocycles. The van der Waals surface area contributed by atoms with Crippen LogP contribution in [0.3, 0.4) is 0 Å². The Labute approximate surface area is 180 Å². The molecule has 1 aliphatic heterocycles. The van der Waals surface area contributed by atoms with Crippen molar-refractivity contribution in [3.05, 3.63) is 35.4 Å². The Morgan fingerprint density at radius 3 is 2.48 bits per heavy atom. The second-order valence-electron chi connectivity index (χ2n) is 7.19. The van der Waals surface area contributed by atoms with Gasteiger partial charge in [0, 0.05) is 38.1 Å². The summed E-state index contributed by atoms with van der Waals surface area (Å²) in [6.07, 6.45) is 1.98. The molecule has 1 unspecified atom stereocenters. The molecule has 1 amide bonds. The molecule has 1 heterocycles. The number of aliphatic imine (C=N–C) groups is 1. The van der Waals surface area contributed by atoms with Gasteiger partial charge in [-0.2, -0.15) is 0 Å². The summed E-state index contributed by atoms with van der Waals surface area (Å²) in [6, 6.07) is 9.05. The van der Waals surface area contributed by atoms with Crippen molar-refractivity contribution in [2.45, 2.75) is 45.6 Å². The topological polar surface area (TPSA) is 82.8 Å². The van der Waals surface area contributed by atoms with Crippen LogP contribution < -0.4 is 16.4 Å². The highest BCUT2D eigenvalue weighted by Gasteiger charge is 2.20. The van der Waals surface area contributed by atoms with E-state index in [0.717, 1.165) is 45.0 Å². The van der Waals surface area contributed by atoms with Crippen molar-refractivity contribution in [3.8, 4) is 0 Å². The van der Waals surface area contributed by atoms with Crippen LogP contribution in [0.4, 0.5) is 0 Å². The summed E-state index contributed by atoms with van der Waals surface area (Å²) in [5.41, 5.74) is 7.87. The highest BCUT2D eigenvalue weighted by molar-refractivity contribution is 14.0. The average Bonchev–Trinajstić information content (AvgIpc) is 2.61. The largest absolute Gasteiger partial charge is 0.369 e. The maximum atomic E-state index is 11.0. The predicted molar refractivity (Wildman–Crippen MR) is 123 cm³/mol. The van der Waals surface area contributed by atoms with Crippen molar-refractivity contribution in [2.24, 2.45) is 10.7 Å². The molecule has 2 rings (SSSR count). The number of hydrogen-bond acceptors (Lipinski definition) is 3. The van der Waals surface area contributed by atoms with Gasteiger partial charge in [-0.25, -0.2) is 0 Å². The maximum Gasteiger partial charge on any atom is 0.231 e. The number of nitrogens with one attached hydrogen (secondary N) is 2. The molecule has 6 nitrogen and oxygen atoms in total. The number of rotatable bonds is 7. The average molecular weight is 487 g/mol. The fourth-order valence-corrected chi connectivity index (χ4v) is 3.20. The van der Waals surface area contributed by atoms with Crippen LogP contribution in [0.5, 0.6) is 0 Å². The van der Waals surface area contributed by atoms with E-state index in [2.05, 4.69) is 60.6 Å². The number of halogens is 1. The monoisotopic (exact) mass is 487 g/mol. The summed E-state index contributed by atoms with van der Waals surface area (Å²) in [4.78, 5) is 17.9. The van der Waals surface area contributed by atoms with Gasteiger partial charge in [0.15, 0.2) is 5.96 Å². The minimum absolute atomic E-state index is 0. The van der Waals surface area contributed by atoms with E-state index < -0.39 is 0 Å². The maximum absolute atomic E-state index is 11.0. The minimum atomic E-state index is -0.253. The van der Waals surface area contributed by atoms with Gasteiger partial charge in [-0.3, -0.25) is 14.7 Å². The Morgan fingerprint density at radius 2 is 1.93 bits per heavy atom. The summed E-state index contributed by atoms with van der Waals surface area (Å²) in [5, 5.41) is 6.88. The summed E-state index contributed by atoms with van der Waals surface area (Å²) < 4.78 is 0. The van der Waals surface area contributed by atoms with Crippen LogP contribution >= 0.6 is 24.0 Å². The molecule has 152 valence electrons. The Bertz CT molecular complexity index is 597. The lowest BCUT2D eigenvalue weighted by Crippen LogP contribution is -2.49. The van der Waals surface area contributed by atoms with Gasteiger partial charge in [0.1, 0.15) is 0 Å². The van der Waals surface area contributed by atoms with Crippen LogP contribution in [-0.2, 0) is 4.79 Å². The van der Waals surface area contributed by atoms with Gasteiger partial charge in [0.05, 0.1) is 6.54 Å². The van der Waals surface area contributed by atoms with E-state index in [0.29, 0.717) is 18.5 Å². The number of guanidine groups is 1. The molecule has 1 atom stereocenters. The zero-order chi connectivity index (χ0) is 18.9. The summed E-state index contributed by atoms with van der Waals surface area (Å²) in [7, 11) is 0. The minimum Gasteiger partial charge on any atom is -0.369 e. The van der Waals surface area contributed by atoms with E-state index >= 15 is 0 Å². The molecule has 7 heteroatoms. The van der Waals surface area contributed by atoms with E-state index in [1.54, 1.807) is 0 Å². The SMILES string of the molecule is CCNC(=NCC(C)c1ccc(C)cc1)NC1CCN(CC(N)=O)CC1.I. The van der Waals surface area contributed by atoms with Crippen molar-refractivity contribution in [2.75, 3.05) is 32.7 Å². The van der Waals surface area contributed by atoms with Crippen molar-refractivity contribution in [3.63, 3.8) is 0 Å². The highest BCUT2D eigenvalue weighted by Crippen LogP contribution is 2.16. The lowest BCUT2D eigenvalue weighted by atomic mass is 10.0. The van der Waals surface area contributed by atoms with Crippen LogP contribution in [0.15, 0.2) is 29.3 Å². The number of carbonyl (C=O) groups is 1. The van der Waals surface area contributed by atoms with E-state index in [1.165, 1.54) is 11.1 Å². The third-order valence-electron chi connectivity index (χ3n) is 4.82. The molecule has 4 N–H and O–H groups in total. The van der Waals surface area contributed by atoms with E-state index in [1.807, 2.05) is 0 Å². The highest BCUT2D eigenvalue weighted by atomic mass is 127. The van der Waals surface area contributed by atoms with Gasteiger partial charge in [-0.05, 0) is 32.3 Å². The van der Waals surface area contributed by atoms with Crippen LogP contribution in [0.2, 0.25) is 0 Å². The number of nitrogens with two attached hydrogens (primary N) is 1. The van der Waals surface area contributed by atoms with Crippen molar-refractivity contribution >= 4 is 35.8 Å². The Balaban J connectivity index is 0.00000364. The van der Waals surface area contributed by atoms with Crippen LogP contribution in [-0.4, -0.2) is 55.5 Å². The molecule has 0 saturated carbocycles. The number of aryl methyl sites for hydroxylation is 1. The van der Waals surface area contributed by atoms with Gasteiger partial charge < -0.3 is 16.4 Å². The lowest BCUT2D eigenvalue weighted by Gasteiger charge is -2.32. The second-order valence-corrected chi connectivity index (χ2v) is 7.19. The van der Waals surface area contributed by atoms with Gasteiger partial charge in [0.25, 0.3) is 0 Å². The first-order valence-corrected chi connectivity index (χ1v) is 9.60. The van der Waals surface area contributed by atoms with Gasteiger partial charge in [-0.15, -0.1) is 24.0 Å². The van der Waals surface area contributed by atoms with Gasteiger partial charge in [0.2, 0.25) is 5.91 Å². The predicted octanol–water partition coefficient (Wildman–Crippen LogP) is 2.22. The normalized spacial score (nSPS) is 17.1. The molecule has 0 aromatic heterocycles. The zero-order valence-corrected chi connectivity index (χ0v) is 19.0. The van der Waals surface area contributed by atoms with E-state index in [-0.39, 0.29) is 29.9 Å². The number of primary amides is 1. The van der Waals surface area contributed by atoms with Crippen LogP contribution in [0, 0.1) is 6.92 Å². The smallest absolute Gasteiger partial charge is 0.231 e. The number of hydrogen-bond donors (Lipinski definition) is 3. The molecular formula is C20H34IN5O. The number of amides is 1. The first kappa shape index (κ1) is 23.7. The zero-order valence-electron chi connectivity index (χ0n) is 16.7. The molecule has 1 fully saturated rings. The van der Waals surface area contributed by atoms with E-state index in [4.69, 9.17) is 10.7 Å². The quantitative estimate of drug-likeness (QED) is 0.313. The first-order chi connectivity index (χ1) is 12.5. The number of piperidine rings is 1. The third-order valence-corrected chi connectivity index (χ3v) is 4.82. The standard InChI is InChI=1S/C20H33N5O.HI/c1-4-22-20(23-13-16(3)17-7-5-15(2)6-8-17)24-18-9-11-25(12-10-18)14-19(21)26;/h5-8,16,18H,4,9-14H2,1-3H3,(H2,21,26)(H2,22,23,24);1H. The van der Waals surface area contributed by atoms with Crippen molar-refractivity contribution < 1.29 is 4.79 Å². The van der Waals surface area contributed by atoms with Crippen LogP contribution in [0.1, 0.15) is 43.7 Å². The van der Waals surface area contributed by atoms with Gasteiger partial charge >= 0.3 is 0 Å². The lowest BCUT2D eigenvalue weighted by molar-refractivity contribution is -0.119. The van der Waals surface area contributed by atoms with Gasteiger partial charge in [-0.1, -0.05) is 36.8 Å². The molecule has 1 aliphatic rings. The molecule has 0 radical (unpaired) electrons. The first-order valence-electron chi connectivity index (χ1n) is 9.60. The number of likely N-dealkylation sites (tertiary alicyclic amines) is 1. The molecule has 0 aliphatic carbocycles. The Hall–Kier alpha value is -1.35. The molecule has 1 aromatic carbocycles. The van der Waals surface area contributed by atoms with Crippen molar-refractivity contribution in [1.29, 1.82) is 0 Å². The molecular weight excluding hydrogens is 453 g/mol. The second kappa shape index (κ2) is 12.2. The summed E-state index contributed by atoms with van der Waals surface area (Å²) >= 11 is 0. The Kier molecular flexibility index (Phi) is 10.7. The number of nitrogens with zero attached hydrogens (tertiary/aromatic N) is 2. The number of carbonyl (C=O) groups excluding carboxylic acids is 1. The number of benzene rings is 1. The van der Waals surface area contributed by atoms with Crippen molar-refractivity contribution in [1.82, 2.24) is 15.5 Å². The molecule has 27 heavy (non-hydrogen) atoms. The fourth-order valence-electron chi connectivity index (χ4n) is 3.20. The van der Waals surface area contributed by atoms with Crippen LogP contribution in [0.25, 0.3) is 0 Å². The molecule has 0 spiro atoms. The Morgan fingerprint density at radius 1 is 1.30 bits per heavy atom. The van der Waals surface area contributed by atoms with E-state index in [9.17, 15) is 4.79 Å². The summed E-state index contributed by atoms with van der Waals surface area (Å²) in [5.74, 6) is 1.000. The summed E-state index contributed by atoms with van der Waals surface area (Å²) in [6.45, 7) is 10.1.